The zero-order valence-electron chi connectivity index (χ0n) is 10.8. The molecule has 2 aromatic carbocycles. The van der Waals surface area contributed by atoms with Crippen LogP contribution in [0.25, 0.3) is 33.4 Å². The van der Waals surface area contributed by atoms with E-state index in [4.69, 9.17) is 11.6 Å². The number of halogens is 1. The van der Waals surface area contributed by atoms with Gasteiger partial charge in [-0.2, -0.15) is 4.68 Å². The van der Waals surface area contributed by atoms with Crippen molar-refractivity contribution in [3.05, 3.63) is 48.5 Å². The third-order valence-corrected chi connectivity index (χ3v) is 3.42. The fourth-order valence-electron chi connectivity index (χ4n) is 2.16. The van der Waals surface area contributed by atoms with Crippen LogP contribution in [-0.2, 0) is 0 Å². The second kappa shape index (κ2) is 4.68. The molecule has 2 aromatic heterocycles. The van der Waals surface area contributed by atoms with E-state index < -0.39 is 0 Å². The summed E-state index contributed by atoms with van der Waals surface area (Å²) >= 11 is 6.35. The lowest BCUT2D eigenvalue weighted by atomic mass is 10.3. The molecule has 0 aliphatic carbocycles. The SMILES string of the molecule is ClC(=Cn1nnc2ccccc21)n1nnc2ccccc21. The van der Waals surface area contributed by atoms with Gasteiger partial charge in [0.1, 0.15) is 11.0 Å². The van der Waals surface area contributed by atoms with Crippen molar-refractivity contribution in [2.75, 3.05) is 0 Å². The van der Waals surface area contributed by atoms with E-state index in [1.165, 1.54) is 0 Å². The first kappa shape index (κ1) is 12.0. The van der Waals surface area contributed by atoms with Gasteiger partial charge in [-0.05, 0) is 24.3 Å². The number of hydrogen-bond acceptors (Lipinski definition) is 4. The summed E-state index contributed by atoms with van der Waals surface area (Å²) in [6.07, 6.45) is 1.66. The Kier molecular flexibility index (Phi) is 2.68. The van der Waals surface area contributed by atoms with Crippen LogP contribution in [0.3, 0.4) is 0 Å². The minimum Gasteiger partial charge on any atom is -0.217 e. The highest BCUT2D eigenvalue weighted by Gasteiger charge is 2.08. The Balaban J connectivity index is 1.85. The third kappa shape index (κ3) is 1.96. The van der Waals surface area contributed by atoms with Crippen molar-refractivity contribution in [2.24, 2.45) is 0 Å². The molecule has 6 nitrogen and oxygen atoms in total. The van der Waals surface area contributed by atoms with Crippen LogP contribution in [0.2, 0.25) is 0 Å². The van der Waals surface area contributed by atoms with Crippen LogP contribution < -0.4 is 0 Å². The van der Waals surface area contributed by atoms with Gasteiger partial charge in [0.2, 0.25) is 0 Å². The lowest BCUT2D eigenvalue weighted by Crippen LogP contribution is -1.98. The Labute approximate surface area is 124 Å². The van der Waals surface area contributed by atoms with Crippen LogP contribution in [-0.4, -0.2) is 30.0 Å². The van der Waals surface area contributed by atoms with Gasteiger partial charge in [0, 0.05) is 0 Å². The molecule has 0 bridgehead atoms. The van der Waals surface area contributed by atoms with Crippen LogP contribution in [0.4, 0.5) is 0 Å². The summed E-state index contributed by atoms with van der Waals surface area (Å²) in [6.45, 7) is 0. The zero-order chi connectivity index (χ0) is 14.2. The highest BCUT2D eigenvalue weighted by molar-refractivity contribution is 6.47. The number of fused-ring (bicyclic) bond motifs is 2. The van der Waals surface area contributed by atoms with Crippen molar-refractivity contribution in [1.29, 1.82) is 0 Å². The molecule has 0 unspecified atom stereocenters. The van der Waals surface area contributed by atoms with Gasteiger partial charge in [-0.1, -0.05) is 46.3 Å². The predicted molar refractivity (Wildman–Crippen MR) is 81.4 cm³/mol. The van der Waals surface area contributed by atoms with Gasteiger partial charge in [0.15, 0.2) is 5.16 Å². The average Bonchev–Trinajstić information content (AvgIpc) is 3.12. The highest BCUT2D eigenvalue weighted by Crippen LogP contribution is 2.19. The summed E-state index contributed by atoms with van der Waals surface area (Å²) in [4.78, 5) is 0. The van der Waals surface area contributed by atoms with E-state index >= 15 is 0 Å². The first-order valence-electron chi connectivity index (χ1n) is 6.31. The monoisotopic (exact) mass is 296 g/mol. The summed E-state index contributed by atoms with van der Waals surface area (Å²) < 4.78 is 3.18. The van der Waals surface area contributed by atoms with Gasteiger partial charge in [-0.25, -0.2) is 4.68 Å². The molecule has 102 valence electrons. The van der Waals surface area contributed by atoms with Crippen LogP contribution in [0.5, 0.6) is 0 Å². The second-order valence-corrected chi connectivity index (χ2v) is 4.85. The summed E-state index contributed by atoms with van der Waals surface area (Å²) in [5.41, 5.74) is 3.30. The maximum Gasteiger partial charge on any atom is 0.151 e. The van der Waals surface area contributed by atoms with Gasteiger partial charge < -0.3 is 0 Å². The minimum atomic E-state index is 0.388. The molecule has 0 amide bonds. The summed E-state index contributed by atoms with van der Waals surface area (Å²) in [7, 11) is 0. The van der Waals surface area contributed by atoms with Crippen LogP contribution in [0, 0.1) is 0 Å². The first-order valence-corrected chi connectivity index (χ1v) is 6.69. The molecule has 0 aliphatic heterocycles. The molecule has 21 heavy (non-hydrogen) atoms. The molecule has 0 fully saturated rings. The van der Waals surface area contributed by atoms with Crippen molar-refractivity contribution in [3.8, 4) is 0 Å². The predicted octanol–water partition coefficient (Wildman–Crippen LogP) is 2.83. The Bertz CT molecular complexity index is 968. The van der Waals surface area contributed by atoms with E-state index in [2.05, 4.69) is 20.6 Å². The highest BCUT2D eigenvalue weighted by atomic mass is 35.5. The molecule has 7 heteroatoms. The molecule has 2 heterocycles. The summed E-state index contributed by atoms with van der Waals surface area (Å²) in [5, 5.41) is 16.7. The molecule has 0 aliphatic rings. The number of rotatable bonds is 2. The Morgan fingerprint density at radius 2 is 1.48 bits per heavy atom. The quantitative estimate of drug-likeness (QED) is 0.570. The van der Waals surface area contributed by atoms with Gasteiger partial charge >= 0.3 is 0 Å². The molecule has 4 aromatic rings. The number of benzene rings is 2. The maximum atomic E-state index is 6.35. The fourth-order valence-corrected chi connectivity index (χ4v) is 2.38. The van der Waals surface area contributed by atoms with Crippen molar-refractivity contribution in [1.82, 2.24) is 30.0 Å². The van der Waals surface area contributed by atoms with E-state index in [-0.39, 0.29) is 0 Å². The Morgan fingerprint density at radius 1 is 0.857 bits per heavy atom. The maximum absolute atomic E-state index is 6.35. The van der Waals surface area contributed by atoms with E-state index in [1.54, 1.807) is 15.6 Å². The largest absolute Gasteiger partial charge is 0.217 e. The molecular formula is C14H9ClN6. The lowest BCUT2D eigenvalue weighted by molar-refractivity contribution is 0.835. The van der Waals surface area contributed by atoms with Crippen LogP contribution in [0.15, 0.2) is 48.5 Å². The van der Waals surface area contributed by atoms with Gasteiger partial charge in [0.25, 0.3) is 0 Å². The topological polar surface area (TPSA) is 61.4 Å². The first-order chi connectivity index (χ1) is 10.3. The van der Waals surface area contributed by atoms with Gasteiger partial charge in [-0.15, -0.1) is 10.2 Å². The molecule has 0 saturated heterocycles. The van der Waals surface area contributed by atoms with E-state index in [0.717, 1.165) is 22.1 Å². The molecular weight excluding hydrogens is 288 g/mol. The van der Waals surface area contributed by atoms with Crippen molar-refractivity contribution in [3.63, 3.8) is 0 Å². The third-order valence-electron chi connectivity index (χ3n) is 3.16. The van der Waals surface area contributed by atoms with E-state index in [9.17, 15) is 0 Å². The van der Waals surface area contributed by atoms with Gasteiger partial charge in [-0.3, -0.25) is 0 Å². The summed E-state index contributed by atoms with van der Waals surface area (Å²) in [6, 6.07) is 15.3. The van der Waals surface area contributed by atoms with Crippen LogP contribution >= 0.6 is 11.6 Å². The molecule has 0 spiro atoms. The number of aromatic nitrogens is 6. The lowest BCUT2D eigenvalue weighted by Gasteiger charge is -2.00. The standard InChI is InChI=1S/C14H9ClN6/c15-14(21-13-8-4-2-6-11(13)17-19-21)9-20-12-7-3-1-5-10(12)16-18-20/h1-9H. The summed E-state index contributed by atoms with van der Waals surface area (Å²) in [5.74, 6) is 0. The normalized spacial score (nSPS) is 12.3. The van der Waals surface area contributed by atoms with Gasteiger partial charge in [0.05, 0.1) is 17.2 Å². The van der Waals surface area contributed by atoms with Crippen LogP contribution in [0.1, 0.15) is 0 Å². The molecule has 0 atom stereocenters. The Hall–Kier alpha value is -2.73. The smallest absolute Gasteiger partial charge is 0.151 e. The minimum absolute atomic E-state index is 0.388. The van der Waals surface area contributed by atoms with E-state index in [1.807, 2.05) is 48.5 Å². The average molecular weight is 297 g/mol. The zero-order valence-corrected chi connectivity index (χ0v) is 11.5. The van der Waals surface area contributed by atoms with Crippen molar-refractivity contribution >= 4 is 45.0 Å². The fraction of sp³-hybridized carbons (Fsp3) is 0. The van der Waals surface area contributed by atoms with Crippen molar-refractivity contribution in [2.45, 2.75) is 0 Å². The second-order valence-electron chi connectivity index (χ2n) is 4.46. The number of nitrogens with zero attached hydrogens (tertiary/aromatic N) is 6. The molecule has 0 radical (unpaired) electrons. The molecule has 4 rings (SSSR count). The number of para-hydroxylation sites is 2. The van der Waals surface area contributed by atoms with E-state index in [0.29, 0.717) is 5.16 Å². The molecule has 0 saturated carbocycles. The van der Waals surface area contributed by atoms with Crippen molar-refractivity contribution < 1.29 is 0 Å². The molecule has 0 N–H and O–H groups in total. The number of hydrogen-bond donors (Lipinski definition) is 0. The Morgan fingerprint density at radius 3 is 2.29 bits per heavy atom.